The number of methoxy groups -OCH3 is 1. The Morgan fingerprint density at radius 1 is 1.16 bits per heavy atom. The van der Waals surface area contributed by atoms with Crippen LogP contribution >= 0.6 is 0 Å². The molecule has 1 aromatic heterocycles. The highest BCUT2D eigenvalue weighted by Crippen LogP contribution is 2.22. The minimum atomic E-state index is -0.0699. The fourth-order valence-electron chi connectivity index (χ4n) is 2.76. The number of nitrogens with zero attached hydrogens (tertiary/aromatic N) is 2. The van der Waals surface area contributed by atoms with Gasteiger partial charge in [0.05, 0.1) is 7.11 Å². The van der Waals surface area contributed by atoms with Gasteiger partial charge in [-0.15, -0.1) is 0 Å². The summed E-state index contributed by atoms with van der Waals surface area (Å²) in [4.78, 5) is 12.5. The predicted octanol–water partition coefficient (Wildman–Crippen LogP) is 4.26. The van der Waals surface area contributed by atoms with Crippen LogP contribution in [0.3, 0.4) is 0 Å². The summed E-state index contributed by atoms with van der Waals surface area (Å²) in [6, 6.07) is 15.3. The van der Waals surface area contributed by atoms with Gasteiger partial charge in [-0.25, -0.2) is 0 Å². The molecule has 2 aromatic carbocycles. The van der Waals surface area contributed by atoms with Gasteiger partial charge in [0.15, 0.2) is 5.78 Å². The first-order chi connectivity index (χ1) is 12.0. The molecule has 3 rings (SSSR count). The smallest absolute Gasteiger partial charge is 0.185 e. The number of hydrogen-bond acceptors (Lipinski definition) is 3. The van der Waals surface area contributed by atoms with Gasteiger partial charge in [-0.2, -0.15) is 5.26 Å². The Morgan fingerprint density at radius 2 is 1.88 bits per heavy atom. The third kappa shape index (κ3) is 3.17. The number of rotatable bonds is 4. The standard InChI is InChI=1S/C21H18N2O2/c1-14-15(11-19(13-22)23(14)2)7-9-21(24)18-5-4-17-12-20(25-3)8-6-16(17)10-18/h4-12H,1-3H3/b9-7+. The average Bonchev–Trinajstić information content (AvgIpc) is 2.92. The lowest BCUT2D eigenvalue weighted by Gasteiger charge is -2.04. The number of ketones is 1. The van der Waals surface area contributed by atoms with Crippen LogP contribution < -0.4 is 4.74 Å². The lowest BCUT2D eigenvalue weighted by molar-refractivity contribution is 0.104. The fourth-order valence-corrected chi connectivity index (χ4v) is 2.76. The molecule has 0 fully saturated rings. The number of fused-ring (bicyclic) bond motifs is 1. The lowest BCUT2D eigenvalue weighted by Crippen LogP contribution is -1.95. The van der Waals surface area contributed by atoms with E-state index in [4.69, 9.17) is 10.00 Å². The SMILES string of the molecule is COc1ccc2cc(C(=O)/C=C/c3cc(C#N)n(C)c3C)ccc2c1. The van der Waals surface area contributed by atoms with Crippen molar-refractivity contribution in [2.45, 2.75) is 6.92 Å². The highest BCUT2D eigenvalue weighted by molar-refractivity contribution is 6.08. The zero-order valence-electron chi connectivity index (χ0n) is 14.4. The van der Waals surface area contributed by atoms with Crippen molar-refractivity contribution in [1.29, 1.82) is 5.26 Å². The Labute approximate surface area is 146 Å². The molecule has 0 aliphatic heterocycles. The third-order valence-electron chi connectivity index (χ3n) is 4.44. The van der Waals surface area contributed by atoms with Crippen LogP contribution in [0.15, 0.2) is 48.5 Å². The molecule has 0 N–H and O–H groups in total. The Balaban J connectivity index is 1.88. The number of nitriles is 1. The first-order valence-corrected chi connectivity index (χ1v) is 7.90. The normalized spacial score (nSPS) is 11.0. The van der Waals surface area contributed by atoms with E-state index in [-0.39, 0.29) is 5.78 Å². The molecule has 0 aliphatic rings. The summed E-state index contributed by atoms with van der Waals surface area (Å²) < 4.78 is 7.03. The van der Waals surface area contributed by atoms with Crippen molar-refractivity contribution < 1.29 is 9.53 Å². The molecule has 3 aromatic rings. The van der Waals surface area contributed by atoms with E-state index in [0.717, 1.165) is 27.8 Å². The van der Waals surface area contributed by atoms with Crippen molar-refractivity contribution in [2.24, 2.45) is 7.05 Å². The summed E-state index contributed by atoms with van der Waals surface area (Å²) >= 11 is 0. The zero-order valence-corrected chi connectivity index (χ0v) is 14.4. The molecule has 0 saturated carbocycles. The molecule has 25 heavy (non-hydrogen) atoms. The molecule has 0 bridgehead atoms. The molecule has 0 unspecified atom stereocenters. The van der Waals surface area contributed by atoms with Crippen LogP contribution in [0.2, 0.25) is 0 Å². The maximum atomic E-state index is 12.5. The van der Waals surface area contributed by atoms with Crippen LogP contribution in [0.25, 0.3) is 16.8 Å². The van der Waals surface area contributed by atoms with Crippen LogP contribution in [0.1, 0.15) is 27.3 Å². The lowest BCUT2D eigenvalue weighted by atomic mass is 10.0. The number of aromatic nitrogens is 1. The van der Waals surface area contributed by atoms with Crippen molar-refractivity contribution in [1.82, 2.24) is 4.57 Å². The molecule has 0 amide bonds. The largest absolute Gasteiger partial charge is 0.497 e. The highest BCUT2D eigenvalue weighted by Gasteiger charge is 2.08. The first kappa shape index (κ1) is 16.5. The molecule has 124 valence electrons. The summed E-state index contributed by atoms with van der Waals surface area (Å²) in [6.45, 7) is 1.93. The second-order valence-electron chi connectivity index (χ2n) is 5.87. The molecule has 0 spiro atoms. The molecular formula is C21H18N2O2. The van der Waals surface area contributed by atoms with E-state index in [1.54, 1.807) is 25.3 Å². The number of benzene rings is 2. The molecular weight excluding hydrogens is 312 g/mol. The van der Waals surface area contributed by atoms with Gasteiger partial charge in [0.25, 0.3) is 0 Å². The Kier molecular flexibility index (Phi) is 4.40. The van der Waals surface area contributed by atoms with Gasteiger partial charge in [0.2, 0.25) is 0 Å². The number of carbonyl (C=O) groups is 1. The Morgan fingerprint density at radius 3 is 2.56 bits per heavy atom. The zero-order chi connectivity index (χ0) is 18.0. The van der Waals surface area contributed by atoms with Crippen molar-refractivity contribution in [3.63, 3.8) is 0 Å². The van der Waals surface area contributed by atoms with E-state index in [0.29, 0.717) is 11.3 Å². The van der Waals surface area contributed by atoms with Gasteiger partial charge in [-0.3, -0.25) is 4.79 Å². The van der Waals surface area contributed by atoms with Crippen LogP contribution in [-0.4, -0.2) is 17.5 Å². The van der Waals surface area contributed by atoms with Gasteiger partial charge in [-0.05, 0) is 59.7 Å². The van der Waals surface area contributed by atoms with Crippen LogP contribution in [0, 0.1) is 18.3 Å². The van der Waals surface area contributed by atoms with Crippen molar-refractivity contribution >= 4 is 22.6 Å². The molecule has 0 atom stereocenters. The minimum Gasteiger partial charge on any atom is -0.497 e. The van der Waals surface area contributed by atoms with E-state index < -0.39 is 0 Å². The van der Waals surface area contributed by atoms with E-state index in [1.807, 2.05) is 54.9 Å². The monoisotopic (exact) mass is 330 g/mol. The van der Waals surface area contributed by atoms with E-state index in [9.17, 15) is 4.79 Å². The number of allylic oxidation sites excluding steroid dienone is 1. The summed E-state index contributed by atoms with van der Waals surface area (Å²) in [5, 5.41) is 11.1. The molecule has 0 saturated heterocycles. The van der Waals surface area contributed by atoms with Gasteiger partial charge >= 0.3 is 0 Å². The van der Waals surface area contributed by atoms with Crippen molar-refractivity contribution in [3.8, 4) is 11.8 Å². The molecule has 4 heteroatoms. The van der Waals surface area contributed by atoms with E-state index >= 15 is 0 Å². The van der Waals surface area contributed by atoms with E-state index in [2.05, 4.69) is 6.07 Å². The molecule has 4 nitrogen and oxygen atoms in total. The molecule has 0 aliphatic carbocycles. The maximum Gasteiger partial charge on any atom is 0.185 e. The Hall–Kier alpha value is -3.32. The molecule has 0 radical (unpaired) electrons. The van der Waals surface area contributed by atoms with Crippen LogP contribution in [-0.2, 0) is 7.05 Å². The summed E-state index contributed by atoms with van der Waals surface area (Å²) in [5.74, 6) is 0.721. The maximum absolute atomic E-state index is 12.5. The molecule has 1 heterocycles. The highest BCUT2D eigenvalue weighted by atomic mass is 16.5. The van der Waals surface area contributed by atoms with Crippen molar-refractivity contribution in [2.75, 3.05) is 7.11 Å². The van der Waals surface area contributed by atoms with Gasteiger partial charge < -0.3 is 9.30 Å². The second-order valence-corrected chi connectivity index (χ2v) is 5.87. The van der Waals surface area contributed by atoms with Crippen LogP contribution in [0.4, 0.5) is 0 Å². The van der Waals surface area contributed by atoms with Crippen LogP contribution in [0.5, 0.6) is 5.75 Å². The summed E-state index contributed by atoms with van der Waals surface area (Å²) in [6.07, 6.45) is 3.31. The summed E-state index contributed by atoms with van der Waals surface area (Å²) in [5.41, 5.74) is 3.02. The van der Waals surface area contributed by atoms with Gasteiger partial charge in [0.1, 0.15) is 17.5 Å². The topological polar surface area (TPSA) is 55.0 Å². The minimum absolute atomic E-state index is 0.0699. The summed E-state index contributed by atoms with van der Waals surface area (Å²) in [7, 11) is 3.47. The average molecular weight is 330 g/mol. The van der Waals surface area contributed by atoms with Gasteiger partial charge in [0, 0.05) is 18.3 Å². The third-order valence-corrected chi connectivity index (χ3v) is 4.44. The quantitative estimate of drug-likeness (QED) is 0.530. The van der Waals surface area contributed by atoms with Crippen molar-refractivity contribution in [3.05, 3.63) is 71.1 Å². The predicted molar refractivity (Wildman–Crippen MR) is 98.7 cm³/mol. The fraction of sp³-hybridized carbons (Fsp3) is 0.143. The Bertz CT molecular complexity index is 1040. The number of hydrogen-bond donors (Lipinski definition) is 0. The second kappa shape index (κ2) is 6.66. The number of carbonyl (C=O) groups excluding carboxylic acids is 1. The van der Waals surface area contributed by atoms with E-state index in [1.165, 1.54) is 0 Å². The van der Waals surface area contributed by atoms with Gasteiger partial charge in [-0.1, -0.05) is 18.2 Å². The number of ether oxygens (including phenoxy) is 1. The first-order valence-electron chi connectivity index (χ1n) is 7.90.